The molecule has 0 aliphatic heterocycles. The molecule has 0 radical (unpaired) electrons. The fourth-order valence-corrected chi connectivity index (χ4v) is 3.07. The Labute approximate surface area is 155 Å². The Kier molecular flexibility index (Phi) is 4.98. The molecule has 0 aliphatic rings. The number of benzene rings is 2. The van der Waals surface area contributed by atoms with Crippen LogP contribution in [0.1, 0.15) is 15.9 Å². The summed E-state index contributed by atoms with van der Waals surface area (Å²) in [5.41, 5.74) is 0.517. The van der Waals surface area contributed by atoms with Crippen LogP contribution < -0.4 is 14.9 Å². The summed E-state index contributed by atoms with van der Waals surface area (Å²) in [5.74, 6) is 0.488. The molecule has 0 saturated carbocycles. The molecule has 0 fully saturated rings. The number of hydrogen-bond acceptors (Lipinski definition) is 6. The van der Waals surface area contributed by atoms with Crippen LogP contribution in [0.5, 0.6) is 17.2 Å². The summed E-state index contributed by atoms with van der Waals surface area (Å²) in [7, 11) is 2.84. The second kappa shape index (κ2) is 7.37. The lowest BCUT2D eigenvalue weighted by molar-refractivity contribution is 0.111. The van der Waals surface area contributed by atoms with Gasteiger partial charge in [-0.3, -0.25) is 9.59 Å². The number of fused-ring (bicyclic) bond motifs is 1. The van der Waals surface area contributed by atoms with E-state index in [4.69, 9.17) is 13.9 Å². The van der Waals surface area contributed by atoms with Gasteiger partial charge in [0.15, 0.2) is 11.7 Å². The Morgan fingerprint density at radius 1 is 1.22 bits per heavy atom. The average Bonchev–Trinajstić information content (AvgIpc) is 2.69. The van der Waals surface area contributed by atoms with Gasteiger partial charge < -0.3 is 19.0 Å². The minimum Gasteiger partial charge on any atom is -0.507 e. The van der Waals surface area contributed by atoms with Crippen LogP contribution in [0.25, 0.3) is 22.3 Å². The van der Waals surface area contributed by atoms with Gasteiger partial charge >= 0.3 is 0 Å². The molecule has 6 nitrogen and oxygen atoms in total. The summed E-state index contributed by atoms with van der Waals surface area (Å²) < 4.78 is 16.6. The van der Waals surface area contributed by atoms with E-state index in [0.717, 1.165) is 0 Å². The van der Waals surface area contributed by atoms with E-state index in [2.05, 4.69) is 6.58 Å². The highest BCUT2D eigenvalue weighted by molar-refractivity contribution is 5.99. The van der Waals surface area contributed by atoms with Gasteiger partial charge in [0.1, 0.15) is 34.0 Å². The Balaban J connectivity index is 2.47. The Morgan fingerprint density at radius 3 is 2.59 bits per heavy atom. The average molecular weight is 366 g/mol. The maximum atomic E-state index is 12.9. The molecule has 3 aromatic rings. The molecule has 0 amide bonds. The van der Waals surface area contributed by atoms with Crippen LogP contribution in [0.3, 0.4) is 0 Å². The Bertz CT molecular complexity index is 1090. The van der Waals surface area contributed by atoms with Crippen molar-refractivity contribution in [2.45, 2.75) is 6.42 Å². The Morgan fingerprint density at radius 2 is 1.96 bits per heavy atom. The number of aldehydes is 1. The minimum atomic E-state index is -0.401. The van der Waals surface area contributed by atoms with Crippen LogP contribution in [0, 0.1) is 0 Å². The molecule has 27 heavy (non-hydrogen) atoms. The minimum absolute atomic E-state index is 0.0226. The summed E-state index contributed by atoms with van der Waals surface area (Å²) in [6.07, 6.45) is 2.20. The van der Waals surface area contributed by atoms with E-state index in [1.807, 2.05) is 0 Å². The van der Waals surface area contributed by atoms with Crippen LogP contribution >= 0.6 is 0 Å². The number of phenols is 1. The lowest BCUT2D eigenvalue weighted by Crippen LogP contribution is -2.07. The highest BCUT2D eigenvalue weighted by Crippen LogP contribution is 2.40. The number of carbonyl (C=O) groups is 1. The van der Waals surface area contributed by atoms with Crippen molar-refractivity contribution in [2.75, 3.05) is 14.2 Å². The first-order chi connectivity index (χ1) is 13.1. The molecule has 0 atom stereocenters. The number of phenolic OH excluding ortho intramolecular Hbond substituents is 1. The SMILES string of the molecule is C=CCc1c(O)c(C=O)c(OC)c2c(=O)cc(-c3ccccc3OC)oc12. The first-order valence-electron chi connectivity index (χ1n) is 8.16. The van der Waals surface area contributed by atoms with E-state index in [-0.39, 0.29) is 45.8 Å². The zero-order valence-electron chi connectivity index (χ0n) is 14.9. The first kappa shape index (κ1) is 18.3. The number of para-hydroxylation sites is 1. The van der Waals surface area contributed by atoms with Crippen molar-refractivity contribution in [3.05, 3.63) is 64.3 Å². The van der Waals surface area contributed by atoms with E-state index >= 15 is 0 Å². The smallest absolute Gasteiger partial charge is 0.197 e. The molecule has 6 heteroatoms. The van der Waals surface area contributed by atoms with E-state index in [9.17, 15) is 14.7 Å². The third-order valence-corrected chi connectivity index (χ3v) is 4.28. The molecule has 3 rings (SSSR count). The van der Waals surface area contributed by atoms with Crippen LogP contribution in [0.15, 0.2) is 52.2 Å². The van der Waals surface area contributed by atoms with Gasteiger partial charge in [0, 0.05) is 11.6 Å². The highest BCUT2D eigenvalue weighted by Gasteiger charge is 2.24. The van der Waals surface area contributed by atoms with Crippen molar-refractivity contribution in [3.8, 4) is 28.6 Å². The molecule has 2 aromatic carbocycles. The molecule has 0 unspecified atom stereocenters. The van der Waals surface area contributed by atoms with Gasteiger partial charge in [0.25, 0.3) is 0 Å². The summed E-state index contributed by atoms with van der Waals surface area (Å²) in [4.78, 5) is 24.4. The molecular weight excluding hydrogens is 348 g/mol. The van der Waals surface area contributed by atoms with Crippen LogP contribution in [-0.4, -0.2) is 25.6 Å². The summed E-state index contributed by atoms with van der Waals surface area (Å²) >= 11 is 0. The zero-order valence-corrected chi connectivity index (χ0v) is 14.9. The number of carbonyl (C=O) groups excluding carboxylic acids is 1. The van der Waals surface area contributed by atoms with Crippen molar-refractivity contribution in [3.63, 3.8) is 0 Å². The lowest BCUT2D eigenvalue weighted by Gasteiger charge is -2.15. The van der Waals surface area contributed by atoms with Gasteiger partial charge in [-0.1, -0.05) is 18.2 Å². The maximum Gasteiger partial charge on any atom is 0.197 e. The number of methoxy groups -OCH3 is 2. The molecule has 0 spiro atoms. The van der Waals surface area contributed by atoms with Crippen LogP contribution in [-0.2, 0) is 6.42 Å². The summed E-state index contributed by atoms with van der Waals surface area (Å²) in [5, 5.41) is 10.6. The first-order valence-corrected chi connectivity index (χ1v) is 8.16. The molecule has 1 aromatic heterocycles. The fourth-order valence-electron chi connectivity index (χ4n) is 3.07. The van der Waals surface area contributed by atoms with Gasteiger partial charge in [-0.2, -0.15) is 0 Å². The lowest BCUT2D eigenvalue weighted by atomic mass is 9.99. The monoisotopic (exact) mass is 366 g/mol. The van der Waals surface area contributed by atoms with Crippen LogP contribution in [0.4, 0.5) is 0 Å². The quantitative estimate of drug-likeness (QED) is 0.528. The number of ether oxygens (including phenoxy) is 2. The van der Waals surface area contributed by atoms with E-state index in [1.165, 1.54) is 20.3 Å². The van der Waals surface area contributed by atoms with Crippen molar-refractivity contribution in [2.24, 2.45) is 0 Å². The summed E-state index contributed by atoms with van der Waals surface area (Å²) in [6.45, 7) is 3.66. The van der Waals surface area contributed by atoms with Crippen molar-refractivity contribution in [1.29, 1.82) is 0 Å². The molecule has 138 valence electrons. The Hall–Kier alpha value is -3.54. The number of rotatable bonds is 6. The normalized spacial score (nSPS) is 10.6. The number of allylic oxidation sites excluding steroid dienone is 1. The second-order valence-corrected chi connectivity index (χ2v) is 5.76. The van der Waals surface area contributed by atoms with Crippen LogP contribution in [0.2, 0.25) is 0 Å². The van der Waals surface area contributed by atoms with Gasteiger partial charge in [-0.15, -0.1) is 6.58 Å². The molecule has 0 aliphatic carbocycles. The molecule has 1 heterocycles. The topological polar surface area (TPSA) is 86.0 Å². The van der Waals surface area contributed by atoms with Gasteiger partial charge in [0.2, 0.25) is 0 Å². The number of aromatic hydroxyl groups is 1. The maximum absolute atomic E-state index is 12.9. The van der Waals surface area contributed by atoms with Gasteiger partial charge in [-0.05, 0) is 18.6 Å². The van der Waals surface area contributed by atoms with Crippen molar-refractivity contribution in [1.82, 2.24) is 0 Å². The van der Waals surface area contributed by atoms with E-state index in [1.54, 1.807) is 30.3 Å². The highest BCUT2D eigenvalue weighted by atomic mass is 16.5. The molecular formula is C21H18O6. The zero-order chi connectivity index (χ0) is 19.6. The van der Waals surface area contributed by atoms with Gasteiger partial charge in [0.05, 0.1) is 25.3 Å². The fraction of sp³-hybridized carbons (Fsp3) is 0.143. The van der Waals surface area contributed by atoms with Crippen molar-refractivity contribution >= 4 is 17.3 Å². The molecule has 0 saturated heterocycles. The second-order valence-electron chi connectivity index (χ2n) is 5.76. The van der Waals surface area contributed by atoms with Crippen molar-refractivity contribution < 1.29 is 23.8 Å². The van der Waals surface area contributed by atoms with E-state index in [0.29, 0.717) is 17.6 Å². The molecule has 1 N–H and O–H groups in total. The van der Waals surface area contributed by atoms with E-state index < -0.39 is 5.43 Å². The third-order valence-electron chi connectivity index (χ3n) is 4.28. The largest absolute Gasteiger partial charge is 0.507 e. The van der Waals surface area contributed by atoms with Gasteiger partial charge in [-0.25, -0.2) is 0 Å². The number of hydrogen-bond donors (Lipinski definition) is 1. The molecule has 0 bridgehead atoms. The standard InChI is InChI=1S/C21H18O6/c1-4-7-13-19(24)14(11-22)20(26-3)18-15(23)10-17(27-21(13)18)12-8-5-6-9-16(12)25-2/h4-6,8-11,24H,1,7H2,2-3H3. The predicted molar refractivity (Wildman–Crippen MR) is 102 cm³/mol. The predicted octanol–water partition coefficient (Wildman–Crippen LogP) is 3.72. The summed E-state index contributed by atoms with van der Waals surface area (Å²) in [6, 6.07) is 8.41. The third kappa shape index (κ3) is 2.95.